The van der Waals surface area contributed by atoms with Gasteiger partial charge in [0.15, 0.2) is 0 Å². The second-order valence-corrected chi connectivity index (χ2v) is 7.18. The third-order valence-corrected chi connectivity index (χ3v) is 5.43. The van der Waals surface area contributed by atoms with E-state index in [2.05, 4.69) is 4.90 Å². The van der Waals surface area contributed by atoms with Gasteiger partial charge in [-0.15, -0.1) is 0 Å². The minimum absolute atomic E-state index is 0.129. The molecule has 0 bridgehead atoms. The molecule has 3 rings (SSSR count). The number of rotatable bonds is 5. The molecule has 2 aliphatic rings. The first kappa shape index (κ1) is 18.2. The minimum Gasteiger partial charge on any atom is -0.461 e. The lowest BCUT2D eigenvalue weighted by Gasteiger charge is -2.29. The Morgan fingerprint density at radius 1 is 1.28 bits per heavy atom. The van der Waals surface area contributed by atoms with Crippen LogP contribution in [0.4, 0.5) is 10.1 Å². The molecule has 138 valence electrons. The van der Waals surface area contributed by atoms with Crippen molar-refractivity contribution in [3.8, 4) is 0 Å². The van der Waals surface area contributed by atoms with Crippen molar-refractivity contribution in [2.45, 2.75) is 45.6 Å². The summed E-state index contributed by atoms with van der Waals surface area (Å²) in [6.45, 7) is 5.29. The Morgan fingerprint density at radius 3 is 2.68 bits per heavy atom. The van der Waals surface area contributed by atoms with Gasteiger partial charge in [-0.2, -0.15) is 0 Å². The predicted molar refractivity (Wildman–Crippen MR) is 95.0 cm³/mol. The van der Waals surface area contributed by atoms with Crippen molar-refractivity contribution < 1.29 is 18.7 Å². The quantitative estimate of drug-likeness (QED) is 0.755. The highest BCUT2D eigenvalue weighted by atomic mass is 19.1. The van der Waals surface area contributed by atoms with Gasteiger partial charge in [0.2, 0.25) is 0 Å². The fraction of sp³-hybridized carbons (Fsp3) is 0.650. The van der Waals surface area contributed by atoms with Crippen LogP contribution in [-0.4, -0.2) is 32.3 Å². The van der Waals surface area contributed by atoms with E-state index in [1.165, 1.54) is 12.5 Å². The molecule has 0 aromatic heterocycles. The number of hydrogen-bond acceptors (Lipinski definition) is 4. The molecular formula is C20H28FNO3. The van der Waals surface area contributed by atoms with E-state index < -0.39 is 0 Å². The molecule has 0 spiro atoms. The van der Waals surface area contributed by atoms with Crippen molar-refractivity contribution in [1.29, 1.82) is 0 Å². The fourth-order valence-electron chi connectivity index (χ4n) is 3.73. The molecule has 0 saturated carbocycles. The van der Waals surface area contributed by atoms with Gasteiger partial charge in [0.25, 0.3) is 0 Å². The highest BCUT2D eigenvalue weighted by Gasteiger charge is 2.27. The Labute approximate surface area is 149 Å². The Kier molecular flexibility index (Phi) is 6.29. The van der Waals surface area contributed by atoms with Crippen LogP contribution in [0, 0.1) is 17.7 Å². The largest absolute Gasteiger partial charge is 0.461 e. The lowest BCUT2D eigenvalue weighted by atomic mass is 9.87. The number of ether oxygens (including phenoxy) is 2. The molecule has 0 unspecified atom stereocenters. The summed E-state index contributed by atoms with van der Waals surface area (Å²) >= 11 is 0. The van der Waals surface area contributed by atoms with Crippen LogP contribution in [0.3, 0.4) is 0 Å². The summed E-state index contributed by atoms with van der Waals surface area (Å²) < 4.78 is 25.2. The number of carbonyl (C=O) groups is 1. The first-order chi connectivity index (χ1) is 12.1. The molecule has 2 aliphatic heterocycles. The van der Waals surface area contributed by atoms with E-state index in [1.807, 2.05) is 19.1 Å². The van der Waals surface area contributed by atoms with Crippen LogP contribution in [0.25, 0.3) is 0 Å². The summed E-state index contributed by atoms with van der Waals surface area (Å²) in [4.78, 5) is 14.3. The smallest absolute Gasteiger partial charge is 0.309 e. The Bertz CT molecular complexity index is 580. The van der Waals surface area contributed by atoms with Gasteiger partial charge in [0.1, 0.15) is 12.4 Å². The molecule has 2 saturated heterocycles. The number of nitrogens with zero attached hydrogens (tertiary/aromatic N) is 1. The number of carbonyl (C=O) groups excluding carboxylic acids is 1. The van der Waals surface area contributed by atoms with Crippen molar-refractivity contribution in [2.24, 2.45) is 11.8 Å². The van der Waals surface area contributed by atoms with E-state index in [0.29, 0.717) is 30.4 Å². The van der Waals surface area contributed by atoms with Crippen molar-refractivity contribution in [2.75, 3.05) is 31.2 Å². The zero-order valence-corrected chi connectivity index (χ0v) is 15.0. The average Bonchev–Trinajstić information content (AvgIpc) is 2.67. The number of piperidine rings is 1. The van der Waals surface area contributed by atoms with Crippen molar-refractivity contribution in [3.05, 3.63) is 29.6 Å². The number of hydrogen-bond donors (Lipinski definition) is 0. The third kappa shape index (κ3) is 4.72. The second-order valence-electron chi connectivity index (χ2n) is 7.18. The van der Waals surface area contributed by atoms with Crippen molar-refractivity contribution >= 4 is 11.7 Å². The van der Waals surface area contributed by atoms with Crippen LogP contribution in [0.1, 0.15) is 44.6 Å². The highest BCUT2D eigenvalue weighted by molar-refractivity contribution is 5.72. The van der Waals surface area contributed by atoms with Crippen LogP contribution in [0.15, 0.2) is 18.2 Å². The van der Waals surface area contributed by atoms with Gasteiger partial charge in [-0.05, 0) is 55.7 Å². The van der Waals surface area contributed by atoms with E-state index in [-0.39, 0.29) is 24.3 Å². The Morgan fingerprint density at radius 2 is 2.00 bits per heavy atom. The summed E-state index contributed by atoms with van der Waals surface area (Å²) in [6, 6.07) is 5.17. The van der Waals surface area contributed by atoms with E-state index >= 15 is 0 Å². The van der Waals surface area contributed by atoms with Crippen LogP contribution in [0.5, 0.6) is 0 Å². The van der Waals surface area contributed by atoms with Crippen LogP contribution in [0.2, 0.25) is 0 Å². The highest BCUT2D eigenvalue weighted by Crippen LogP contribution is 2.26. The lowest BCUT2D eigenvalue weighted by molar-refractivity contribution is -0.152. The molecule has 0 amide bonds. The molecule has 1 atom stereocenters. The first-order valence-electron chi connectivity index (χ1n) is 9.43. The third-order valence-electron chi connectivity index (χ3n) is 5.43. The number of benzene rings is 1. The fourth-order valence-corrected chi connectivity index (χ4v) is 3.73. The van der Waals surface area contributed by atoms with Gasteiger partial charge in [-0.3, -0.25) is 4.79 Å². The van der Waals surface area contributed by atoms with E-state index in [9.17, 15) is 9.18 Å². The predicted octanol–water partition coefficient (Wildman–Crippen LogP) is 3.92. The maximum absolute atomic E-state index is 14.4. The molecule has 5 heteroatoms. The second kappa shape index (κ2) is 8.65. The minimum atomic E-state index is -0.229. The van der Waals surface area contributed by atoms with E-state index in [1.54, 1.807) is 0 Å². The normalized spacial score (nSPS) is 20.3. The lowest BCUT2D eigenvalue weighted by Crippen LogP contribution is -2.30. The zero-order chi connectivity index (χ0) is 17.6. The molecule has 1 aromatic carbocycles. The molecule has 0 N–H and O–H groups in total. The zero-order valence-electron chi connectivity index (χ0n) is 15.0. The summed E-state index contributed by atoms with van der Waals surface area (Å²) in [7, 11) is 0. The van der Waals surface area contributed by atoms with Crippen LogP contribution in [-0.2, 0) is 20.9 Å². The van der Waals surface area contributed by atoms with Crippen molar-refractivity contribution in [1.82, 2.24) is 0 Å². The van der Waals surface area contributed by atoms with E-state index in [4.69, 9.17) is 9.47 Å². The summed E-state index contributed by atoms with van der Waals surface area (Å²) in [5.74, 6) is -0.249. The van der Waals surface area contributed by atoms with Gasteiger partial charge >= 0.3 is 5.97 Å². The van der Waals surface area contributed by atoms with Crippen LogP contribution >= 0.6 is 0 Å². The monoisotopic (exact) mass is 349 g/mol. The van der Waals surface area contributed by atoms with Crippen LogP contribution < -0.4 is 4.90 Å². The standard InChI is InChI=1S/C20H28FNO3/c1-15(17-7-11-24-12-8-17)20(23)25-14-16-5-6-19(18(21)13-16)22-9-3-2-4-10-22/h5-6,13,15,17H,2-4,7-12,14H2,1H3/t15-/m0/s1. The van der Waals surface area contributed by atoms with E-state index in [0.717, 1.165) is 38.8 Å². The van der Waals surface area contributed by atoms with Gasteiger partial charge in [-0.25, -0.2) is 4.39 Å². The molecule has 2 fully saturated rings. The molecule has 0 radical (unpaired) electrons. The summed E-state index contributed by atoms with van der Waals surface area (Å²) in [6.07, 6.45) is 5.24. The molecule has 2 heterocycles. The molecule has 25 heavy (non-hydrogen) atoms. The first-order valence-corrected chi connectivity index (χ1v) is 9.43. The molecular weight excluding hydrogens is 321 g/mol. The number of anilines is 1. The SMILES string of the molecule is C[C@H](C(=O)OCc1ccc(N2CCCCC2)c(F)c1)C1CCOCC1. The summed E-state index contributed by atoms with van der Waals surface area (Å²) in [5.41, 5.74) is 1.36. The topological polar surface area (TPSA) is 38.8 Å². The number of esters is 1. The van der Waals surface area contributed by atoms with Gasteiger partial charge in [-0.1, -0.05) is 13.0 Å². The molecule has 0 aliphatic carbocycles. The van der Waals surface area contributed by atoms with Gasteiger partial charge in [0, 0.05) is 26.3 Å². The van der Waals surface area contributed by atoms with Gasteiger partial charge in [0.05, 0.1) is 11.6 Å². The Balaban J connectivity index is 1.54. The van der Waals surface area contributed by atoms with Gasteiger partial charge < -0.3 is 14.4 Å². The molecule has 1 aromatic rings. The number of halogens is 1. The Hall–Kier alpha value is -1.62. The maximum atomic E-state index is 14.4. The van der Waals surface area contributed by atoms with Crippen molar-refractivity contribution in [3.63, 3.8) is 0 Å². The maximum Gasteiger partial charge on any atom is 0.309 e. The molecule has 4 nitrogen and oxygen atoms in total. The average molecular weight is 349 g/mol. The summed E-state index contributed by atoms with van der Waals surface area (Å²) in [5, 5.41) is 0.